The van der Waals surface area contributed by atoms with Crippen LogP contribution in [-0.2, 0) is 10.0 Å². The molecule has 96 valence electrons. The maximum absolute atomic E-state index is 12.2. The number of nitrogens with zero attached hydrogens (tertiary/aromatic N) is 1. The highest BCUT2D eigenvalue weighted by molar-refractivity contribution is 7.89. The molecule has 1 aromatic rings. The first-order valence-corrected chi connectivity index (χ1v) is 6.77. The monoisotopic (exact) mass is 258 g/mol. The lowest BCUT2D eigenvalue weighted by Gasteiger charge is -2.18. The molecular weight excluding hydrogens is 240 g/mol. The van der Waals surface area contributed by atoms with Crippen molar-refractivity contribution >= 4 is 15.7 Å². The number of hydrogen-bond acceptors (Lipinski definition) is 4. The van der Waals surface area contributed by atoms with Crippen LogP contribution in [0.25, 0.3) is 0 Å². The highest BCUT2D eigenvalue weighted by Gasteiger charge is 2.24. The third-order valence-electron chi connectivity index (χ3n) is 2.41. The Morgan fingerprint density at radius 3 is 2.59 bits per heavy atom. The molecule has 0 aliphatic heterocycles. The molecule has 0 spiro atoms. The van der Waals surface area contributed by atoms with Gasteiger partial charge in [0, 0.05) is 25.3 Å². The molecule has 6 heteroatoms. The Kier molecular flexibility index (Phi) is 4.36. The van der Waals surface area contributed by atoms with Crippen LogP contribution in [0.1, 0.15) is 13.3 Å². The predicted molar refractivity (Wildman–Crippen MR) is 67.5 cm³/mol. The van der Waals surface area contributed by atoms with Gasteiger partial charge in [0.15, 0.2) is 0 Å². The molecule has 1 aromatic carbocycles. The molecule has 0 atom stereocenters. The van der Waals surface area contributed by atoms with Crippen LogP contribution >= 0.6 is 0 Å². The fourth-order valence-corrected chi connectivity index (χ4v) is 2.90. The molecule has 0 fully saturated rings. The second-order valence-corrected chi connectivity index (χ2v) is 5.75. The van der Waals surface area contributed by atoms with Crippen LogP contribution < -0.4 is 10.5 Å². The van der Waals surface area contributed by atoms with Crippen molar-refractivity contribution in [3.63, 3.8) is 0 Å². The Bertz CT molecular complexity index is 485. The standard InChI is InChI=1S/C11H18N2O3S/c1-4-7-13(2)17(14,15)11-6-5-9(12)8-10(11)16-3/h5-6,8H,4,7,12H2,1-3H3. The smallest absolute Gasteiger partial charge is 0.246 e. The van der Waals surface area contributed by atoms with Crippen LogP contribution in [0.4, 0.5) is 5.69 Å². The van der Waals surface area contributed by atoms with Gasteiger partial charge in [0.1, 0.15) is 10.6 Å². The highest BCUT2D eigenvalue weighted by Crippen LogP contribution is 2.28. The lowest BCUT2D eigenvalue weighted by Crippen LogP contribution is -2.28. The van der Waals surface area contributed by atoms with Gasteiger partial charge >= 0.3 is 0 Å². The minimum Gasteiger partial charge on any atom is -0.495 e. The average molecular weight is 258 g/mol. The third-order valence-corrected chi connectivity index (χ3v) is 4.31. The first-order valence-electron chi connectivity index (χ1n) is 5.33. The molecule has 0 radical (unpaired) electrons. The molecule has 0 bridgehead atoms. The molecule has 0 aromatic heterocycles. The summed E-state index contributed by atoms with van der Waals surface area (Å²) in [7, 11) is -0.533. The molecule has 2 N–H and O–H groups in total. The van der Waals surface area contributed by atoms with Crippen molar-refractivity contribution in [1.82, 2.24) is 4.31 Å². The summed E-state index contributed by atoms with van der Waals surface area (Å²) in [6.07, 6.45) is 0.757. The molecule has 0 amide bonds. The zero-order valence-corrected chi connectivity index (χ0v) is 11.1. The average Bonchev–Trinajstić information content (AvgIpc) is 2.28. The summed E-state index contributed by atoms with van der Waals surface area (Å²) in [4.78, 5) is 0.144. The van der Waals surface area contributed by atoms with Gasteiger partial charge in [-0.15, -0.1) is 0 Å². The van der Waals surface area contributed by atoms with E-state index in [1.807, 2.05) is 6.92 Å². The number of anilines is 1. The molecule has 1 rings (SSSR count). The molecule has 0 saturated carbocycles. The van der Waals surface area contributed by atoms with Crippen LogP contribution in [0.2, 0.25) is 0 Å². The summed E-state index contributed by atoms with van der Waals surface area (Å²) in [5.74, 6) is 0.271. The minimum atomic E-state index is -3.51. The number of rotatable bonds is 5. The Balaban J connectivity index is 3.23. The third kappa shape index (κ3) is 2.89. The first-order chi connectivity index (χ1) is 7.93. The Morgan fingerprint density at radius 2 is 2.06 bits per heavy atom. The lowest BCUT2D eigenvalue weighted by molar-refractivity contribution is 0.398. The summed E-state index contributed by atoms with van der Waals surface area (Å²) >= 11 is 0. The van der Waals surface area contributed by atoms with Crippen LogP contribution in [0, 0.1) is 0 Å². The molecule has 5 nitrogen and oxygen atoms in total. The number of benzene rings is 1. The van der Waals surface area contributed by atoms with E-state index in [1.165, 1.54) is 23.5 Å². The fourth-order valence-electron chi connectivity index (χ4n) is 1.50. The van der Waals surface area contributed by atoms with Gasteiger partial charge in [-0.3, -0.25) is 0 Å². The first kappa shape index (κ1) is 13.8. The van der Waals surface area contributed by atoms with Gasteiger partial charge in [-0.05, 0) is 18.6 Å². The van der Waals surface area contributed by atoms with Crippen molar-refractivity contribution in [2.45, 2.75) is 18.2 Å². The van der Waals surface area contributed by atoms with Crippen LogP contribution in [0.3, 0.4) is 0 Å². The topological polar surface area (TPSA) is 72.6 Å². The molecule has 0 heterocycles. The molecular formula is C11H18N2O3S. The van der Waals surface area contributed by atoms with Crippen molar-refractivity contribution in [3.8, 4) is 5.75 Å². The van der Waals surface area contributed by atoms with E-state index >= 15 is 0 Å². The highest BCUT2D eigenvalue weighted by atomic mass is 32.2. The number of methoxy groups -OCH3 is 1. The van der Waals surface area contributed by atoms with Crippen molar-refractivity contribution in [1.29, 1.82) is 0 Å². The van der Waals surface area contributed by atoms with E-state index in [9.17, 15) is 8.42 Å². The second-order valence-electron chi connectivity index (χ2n) is 3.74. The Hall–Kier alpha value is -1.27. The van der Waals surface area contributed by atoms with Gasteiger partial charge in [0.2, 0.25) is 10.0 Å². The van der Waals surface area contributed by atoms with E-state index in [1.54, 1.807) is 13.1 Å². The van der Waals surface area contributed by atoms with Gasteiger partial charge < -0.3 is 10.5 Å². The van der Waals surface area contributed by atoms with Crippen LogP contribution in [-0.4, -0.2) is 33.4 Å². The maximum Gasteiger partial charge on any atom is 0.246 e. The normalized spacial score (nSPS) is 11.8. The Morgan fingerprint density at radius 1 is 1.41 bits per heavy atom. The largest absolute Gasteiger partial charge is 0.495 e. The van der Waals surface area contributed by atoms with E-state index in [4.69, 9.17) is 10.5 Å². The molecule has 0 aliphatic rings. The van der Waals surface area contributed by atoms with Crippen molar-refractivity contribution < 1.29 is 13.2 Å². The van der Waals surface area contributed by atoms with Gasteiger partial charge in [0.05, 0.1) is 7.11 Å². The van der Waals surface area contributed by atoms with Crippen molar-refractivity contribution in [3.05, 3.63) is 18.2 Å². The summed E-state index contributed by atoms with van der Waals surface area (Å²) < 4.78 is 30.8. The second kappa shape index (κ2) is 5.37. The molecule has 0 aliphatic carbocycles. The van der Waals surface area contributed by atoms with E-state index in [2.05, 4.69) is 0 Å². The predicted octanol–water partition coefficient (Wildman–Crippen LogP) is 1.31. The minimum absolute atomic E-state index is 0.144. The number of ether oxygens (including phenoxy) is 1. The van der Waals surface area contributed by atoms with Crippen LogP contribution in [0.15, 0.2) is 23.1 Å². The SMILES string of the molecule is CCCN(C)S(=O)(=O)c1ccc(N)cc1OC. The maximum atomic E-state index is 12.2. The van der Waals surface area contributed by atoms with Gasteiger partial charge in [-0.25, -0.2) is 12.7 Å². The lowest BCUT2D eigenvalue weighted by atomic mass is 10.3. The van der Waals surface area contributed by atoms with Crippen LogP contribution in [0.5, 0.6) is 5.75 Å². The van der Waals surface area contributed by atoms with E-state index in [0.29, 0.717) is 12.2 Å². The van der Waals surface area contributed by atoms with E-state index < -0.39 is 10.0 Å². The van der Waals surface area contributed by atoms with E-state index in [-0.39, 0.29) is 10.6 Å². The van der Waals surface area contributed by atoms with Gasteiger partial charge in [-0.1, -0.05) is 6.92 Å². The summed E-state index contributed by atoms with van der Waals surface area (Å²) in [5.41, 5.74) is 6.06. The summed E-state index contributed by atoms with van der Waals surface area (Å²) in [6, 6.07) is 4.53. The van der Waals surface area contributed by atoms with Crippen molar-refractivity contribution in [2.75, 3.05) is 26.4 Å². The summed E-state index contributed by atoms with van der Waals surface area (Å²) in [5, 5.41) is 0. The fraction of sp³-hybridized carbons (Fsp3) is 0.455. The zero-order chi connectivity index (χ0) is 13.1. The van der Waals surface area contributed by atoms with Gasteiger partial charge in [-0.2, -0.15) is 0 Å². The molecule has 0 saturated heterocycles. The molecule has 17 heavy (non-hydrogen) atoms. The number of nitrogens with two attached hydrogens (primary N) is 1. The van der Waals surface area contributed by atoms with Gasteiger partial charge in [0.25, 0.3) is 0 Å². The van der Waals surface area contributed by atoms with E-state index in [0.717, 1.165) is 6.42 Å². The summed E-state index contributed by atoms with van der Waals surface area (Å²) in [6.45, 7) is 2.39. The number of nitrogen functional groups attached to an aromatic ring is 1. The van der Waals surface area contributed by atoms with Crippen molar-refractivity contribution in [2.24, 2.45) is 0 Å². The number of hydrogen-bond donors (Lipinski definition) is 1. The quantitative estimate of drug-likeness (QED) is 0.808. The number of sulfonamides is 1. The molecule has 0 unspecified atom stereocenters. The zero-order valence-electron chi connectivity index (χ0n) is 10.3. The Labute approximate surface area is 102 Å².